The standard InChI is InChI=1S/C13H10N4O5/c1-21-7-2-3-10-9(4-7)11(18)16-12(15-10)17-6-8(5-14-17)22-13(19)20/h2-6H,1H3,(H,19,20)(H,15,16,18). The Labute approximate surface area is 122 Å². The predicted molar refractivity (Wildman–Crippen MR) is 74.7 cm³/mol. The van der Waals surface area contributed by atoms with E-state index < -0.39 is 6.16 Å². The highest BCUT2D eigenvalue weighted by Gasteiger charge is 2.10. The van der Waals surface area contributed by atoms with Crippen LogP contribution < -0.4 is 15.0 Å². The van der Waals surface area contributed by atoms with Gasteiger partial charge in [0.05, 0.1) is 30.4 Å². The van der Waals surface area contributed by atoms with Crippen LogP contribution in [0.1, 0.15) is 0 Å². The highest BCUT2D eigenvalue weighted by atomic mass is 16.7. The third kappa shape index (κ3) is 2.46. The third-order valence-corrected chi connectivity index (χ3v) is 2.88. The molecule has 3 aromatic rings. The van der Waals surface area contributed by atoms with E-state index in [1.54, 1.807) is 18.2 Å². The van der Waals surface area contributed by atoms with Gasteiger partial charge in [-0.1, -0.05) is 0 Å². The molecule has 0 atom stereocenters. The lowest BCUT2D eigenvalue weighted by Gasteiger charge is -2.04. The van der Waals surface area contributed by atoms with Gasteiger partial charge >= 0.3 is 6.16 Å². The molecule has 112 valence electrons. The van der Waals surface area contributed by atoms with Crippen molar-refractivity contribution in [1.82, 2.24) is 19.7 Å². The monoisotopic (exact) mass is 302 g/mol. The number of nitrogens with zero attached hydrogens (tertiary/aromatic N) is 3. The fourth-order valence-corrected chi connectivity index (χ4v) is 1.92. The number of fused-ring (bicyclic) bond motifs is 1. The first kappa shape index (κ1) is 13.6. The van der Waals surface area contributed by atoms with Gasteiger partial charge in [0.15, 0.2) is 5.75 Å². The number of carbonyl (C=O) groups is 1. The molecule has 0 aliphatic carbocycles. The molecule has 0 fully saturated rings. The Morgan fingerprint density at radius 2 is 2.18 bits per heavy atom. The van der Waals surface area contributed by atoms with E-state index in [1.165, 1.54) is 24.2 Å². The second kappa shape index (κ2) is 5.20. The zero-order valence-electron chi connectivity index (χ0n) is 11.3. The smallest absolute Gasteiger partial charge is 0.497 e. The Morgan fingerprint density at radius 3 is 2.91 bits per heavy atom. The summed E-state index contributed by atoms with van der Waals surface area (Å²) >= 11 is 0. The molecule has 0 spiro atoms. The molecule has 1 aromatic carbocycles. The molecular weight excluding hydrogens is 292 g/mol. The lowest BCUT2D eigenvalue weighted by molar-refractivity contribution is 0.144. The summed E-state index contributed by atoms with van der Waals surface area (Å²) < 4.78 is 10.7. The normalized spacial score (nSPS) is 10.6. The third-order valence-electron chi connectivity index (χ3n) is 2.88. The molecule has 0 bridgehead atoms. The summed E-state index contributed by atoms with van der Waals surface area (Å²) in [7, 11) is 1.50. The second-order valence-corrected chi connectivity index (χ2v) is 4.26. The number of hydrogen-bond acceptors (Lipinski definition) is 6. The van der Waals surface area contributed by atoms with E-state index in [1.807, 2.05) is 0 Å². The van der Waals surface area contributed by atoms with E-state index in [-0.39, 0.29) is 17.3 Å². The average molecular weight is 302 g/mol. The van der Waals surface area contributed by atoms with E-state index in [0.717, 1.165) is 0 Å². The molecule has 0 amide bonds. The molecule has 22 heavy (non-hydrogen) atoms. The van der Waals surface area contributed by atoms with Crippen LogP contribution >= 0.6 is 0 Å². The number of methoxy groups -OCH3 is 1. The summed E-state index contributed by atoms with van der Waals surface area (Å²) in [4.78, 5) is 29.4. The van der Waals surface area contributed by atoms with Crippen molar-refractivity contribution in [2.45, 2.75) is 0 Å². The first-order valence-electron chi connectivity index (χ1n) is 6.11. The zero-order valence-corrected chi connectivity index (χ0v) is 11.3. The van der Waals surface area contributed by atoms with Crippen molar-refractivity contribution >= 4 is 17.1 Å². The molecular formula is C13H10N4O5. The summed E-state index contributed by atoms with van der Waals surface area (Å²) in [5.41, 5.74) is 0.0888. The SMILES string of the molecule is COc1ccc2nc(-n3cc(OC(=O)O)cn3)[nH]c(=O)c2c1. The van der Waals surface area contributed by atoms with Gasteiger partial charge in [-0.15, -0.1) is 0 Å². The number of benzene rings is 1. The summed E-state index contributed by atoms with van der Waals surface area (Å²) in [6.45, 7) is 0. The van der Waals surface area contributed by atoms with Crippen LogP contribution in [0.3, 0.4) is 0 Å². The number of ether oxygens (including phenoxy) is 2. The van der Waals surface area contributed by atoms with Crippen molar-refractivity contribution in [2.75, 3.05) is 7.11 Å². The molecule has 0 radical (unpaired) electrons. The summed E-state index contributed by atoms with van der Waals surface area (Å²) in [6.07, 6.45) is 1.04. The van der Waals surface area contributed by atoms with Gasteiger partial charge in [-0.25, -0.2) is 14.5 Å². The number of nitrogens with one attached hydrogen (secondary N) is 1. The van der Waals surface area contributed by atoms with E-state index in [0.29, 0.717) is 16.7 Å². The van der Waals surface area contributed by atoms with Gasteiger partial charge in [0.2, 0.25) is 5.95 Å². The Bertz CT molecular complexity index is 914. The average Bonchev–Trinajstić information content (AvgIpc) is 2.94. The Kier molecular flexibility index (Phi) is 3.22. The second-order valence-electron chi connectivity index (χ2n) is 4.26. The van der Waals surface area contributed by atoms with Crippen molar-refractivity contribution in [2.24, 2.45) is 0 Å². The minimum absolute atomic E-state index is 0.0185. The number of aromatic nitrogens is 4. The highest BCUT2D eigenvalue weighted by molar-refractivity contribution is 5.79. The number of H-pyrrole nitrogens is 1. The lowest BCUT2D eigenvalue weighted by atomic mass is 10.2. The predicted octanol–water partition coefficient (Wildman–Crippen LogP) is 1.17. The number of rotatable bonds is 3. The van der Waals surface area contributed by atoms with Gasteiger partial charge in [0, 0.05) is 0 Å². The van der Waals surface area contributed by atoms with Crippen LogP contribution in [-0.4, -0.2) is 38.1 Å². The maximum atomic E-state index is 12.1. The maximum Gasteiger partial charge on any atom is 0.511 e. The lowest BCUT2D eigenvalue weighted by Crippen LogP contribution is -2.13. The molecule has 9 nitrogen and oxygen atoms in total. The van der Waals surface area contributed by atoms with Gasteiger partial charge in [0.1, 0.15) is 5.75 Å². The van der Waals surface area contributed by atoms with Crippen molar-refractivity contribution < 1.29 is 19.4 Å². The number of aromatic amines is 1. The van der Waals surface area contributed by atoms with Crippen LogP contribution in [0.5, 0.6) is 11.5 Å². The Morgan fingerprint density at radius 1 is 1.36 bits per heavy atom. The number of hydrogen-bond donors (Lipinski definition) is 2. The quantitative estimate of drug-likeness (QED) is 0.697. The van der Waals surface area contributed by atoms with E-state index in [2.05, 4.69) is 19.8 Å². The van der Waals surface area contributed by atoms with Gasteiger partial charge in [-0.2, -0.15) is 5.10 Å². The van der Waals surface area contributed by atoms with Crippen LogP contribution in [0.4, 0.5) is 4.79 Å². The first-order valence-corrected chi connectivity index (χ1v) is 6.11. The minimum Gasteiger partial charge on any atom is -0.497 e. The summed E-state index contributed by atoms with van der Waals surface area (Å²) in [5, 5.41) is 12.8. The van der Waals surface area contributed by atoms with Crippen LogP contribution in [0.15, 0.2) is 35.4 Å². The van der Waals surface area contributed by atoms with Crippen LogP contribution in [0.2, 0.25) is 0 Å². The molecule has 0 saturated heterocycles. The zero-order chi connectivity index (χ0) is 15.7. The van der Waals surface area contributed by atoms with Gasteiger partial charge in [-0.3, -0.25) is 9.78 Å². The van der Waals surface area contributed by atoms with Gasteiger partial charge in [0.25, 0.3) is 5.56 Å². The van der Waals surface area contributed by atoms with E-state index in [9.17, 15) is 9.59 Å². The van der Waals surface area contributed by atoms with E-state index >= 15 is 0 Å². The highest BCUT2D eigenvalue weighted by Crippen LogP contribution is 2.17. The maximum absolute atomic E-state index is 12.1. The molecule has 2 aromatic heterocycles. The molecule has 9 heteroatoms. The van der Waals surface area contributed by atoms with Gasteiger partial charge in [-0.05, 0) is 18.2 Å². The molecule has 0 unspecified atom stereocenters. The topological polar surface area (TPSA) is 119 Å². The Balaban J connectivity index is 2.06. The first-order chi connectivity index (χ1) is 10.6. The van der Waals surface area contributed by atoms with Crippen molar-refractivity contribution in [3.63, 3.8) is 0 Å². The van der Waals surface area contributed by atoms with Crippen molar-refractivity contribution in [1.29, 1.82) is 0 Å². The summed E-state index contributed by atoms with van der Waals surface area (Å²) in [5.74, 6) is 0.705. The van der Waals surface area contributed by atoms with Gasteiger partial charge < -0.3 is 14.6 Å². The van der Waals surface area contributed by atoms with Crippen LogP contribution in [-0.2, 0) is 0 Å². The molecule has 0 aliphatic heterocycles. The van der Waals surface area contributed by atoms with Crippen LogP contribution in [0, 0.1) is 0 Å². The molecule has 2 N–H and O–H groups in total. The minimum atomic E-state index is -1.45. The Hall–Kier alpha value is -3.36. The van der Waals surface area contributed by atoms with E-state index in [4.69, 9.17) is 9.84 Å². The molecule has 0 saturated carbocycles. The molecule has 2 heterocycles. The largest absolute Gasteiger partial charge is 0.511 e. The summed E-state index contributed by atoms with van der Waals surface area (Å²) in [6, 6.07) is 4.90. The molecule has 0 aliphatic rings. The molecule has 3 rings (SSSR count). The van der Waals surface area contributed by atoms with Crippen molar-refractivity contribution in [3.05, 3.63) is 40.9 Å². The van der Waals surface area contributed by atoms with Crippen LogP contribution in [0.25, 0.3) is 16.9 Å². The number of carboxylic acid groups (broad SMARTS) is 1. The fraction of sp³-hybridized carbons (Fsp3) is 0.0769. The van der Waals surface area contributed by atoms with Crippen molar-refractivity contribution in [3.8, 4) is 17.4 Å². The fourth-order valence-electron chi connectivity index (χ4n) is 1.92.